The molecule has 9 nitrogen and oxygen atoms in total. The van der Waals surface area contributed by atoms with Gasteiger partial charge in [-0.15, -0.1) is 0 Å². The summed E-state index contributed by atoms with van der Waals surface area (Å²) in [6, 6.07) is 7.13. The molecule has 0 unspecified atom stereocenters. The van der Waals surface area contributed by atoms with Gasteiger partial charge in [-0.2, -0.15) is 10.1 Å². The van der Waals surface area contributed by atoms with E-state index in [4.69, 9.17) is 4.52 Å². The summed E-state index contributed by atoms with van der Waals surface area (Å²) >= 11 is 0. The number of rotatable bonds is 3. The monoisotopic (exact) mass is 382 g/mol. The highest BCUT2D eigenvalue weighted by atomic mass is 16.5. The van der Waals surface area contributed by atoms with E-state index in [1.54, 1.807) is 21.6 Å². The number of H-pyrrole nitrogens is 1. The highest BCUT2D eigenvalue weighted by Crippen LogP contribution is 2.23. The van der Waals surface area contributed by atoms with E-state index in [-0.39, 0.29) is 17.0 Å². The lowest BCUT2D eigenvalue weighted by Crippen LogP contribution is -2.40. The van der Waals surface area contributed by atoms with Gasteiger partial charge in [0, 0.05) is 30.6 Å². The second-order valence-corrected chi connectivity index (χ2v) is 8.15. The normalized spacial score (nSPS) is 14.2. The zero-order valence-corrected chi connectivity index (χ0v) is 16.1. The molecule has 0 fully saturated rings. The van der Waals surface area contributed by atoms with Crippen molar-refractivity contribution in [2.75, 3.05) is 6.54 Å². The Morgan fingerprint density at radius 2 is 1.96 bits per heavy atom. The maximum absolute atomic E-state index is 12.8. The number of hydrogen-bond acceptors (Lipinski definition) is 6. The number of aromatic nitrogens is 5. The fourth-order valence-corrected chi connectivity index (χ4v) is 3.19. The Kier molecular flexibility index (Phi) is 4.37. The minimum Gasteiger partial charge on any atom is -0.339 e. The van der Waals surface area contributed by atoms with E-state index in [1.165, 1.54) is 0 Å². The van der Waals surface area contributed by atoms with Gasteiger partial charge in [0.25, 0.3) is 5.91 Å². The number of benzene rings is 1. The van der Waals surface area contributed by atoms with Gasteiger partial charge in [-0.1, -0.05) is 38.1 Å². The predicted octanol–water partition coefficient (Wildman–Crippen LogP) is 1.87. The molecule has 2 aromatic heterocycles. The first-order chi connectivity index (χ1) is 13.3. The number of carbonyl (C=O) groups excluding carboxylic acids is 1. The summed E-state index contributed by atoms with van der Waals surface area (Å²) in [6.07, 6.45) is 0.698. The summed E-state index contributed by atoms with van der Waals surface area (Å²) in [7, 11) is 0. The summed E-state index contributed by atoms with van der Waals surface area (Å²) in [5.74, 6) is 1.58. The Morgan fingerprint density at radius 3 is 2.68 bits per heavy atom. The Hall–Kier alpha value is -3.23. The van der Waals surface area contributed by atoms with Crippen LogP contribution >= 0.6 is 0 Å². The molecule has 0 spiro atoms. The Morgan fingerprint density at radius 1 is 1.21 bits per heavy atom. The zero-order chi connectivity index (χ0) is 19.9. The standard InChI is InChI=1S/C19H22N6O3/c1-19(2,3)10-15-20-16(23-28-15)12-4-6-13(7-5-12)17(26)24-8-9-25-14(11-24)21-22-18(25)27/h4-7H,8-11H2,1-3H3,(H,22,27). The van der Waals surface area contributed by atoms with Crippen LogP contribution < -0.4 is 5.69 Å². The van der Waals surface area contributed by atoms with Crippen molar-refractivity contribution in [2.45, 2.75) is 40.3 Å². The van der Waals surface area contributed by atoms with Crippen LogP contribution in [0.5, 0.6) is 0 Å². The fourth-order valence-electron chi connectivity index (χ4n) is 3.19. The quantitative estimate of drug-likeness (QED) is 0.740. The fraction of sp³-hybridized carbons (Fsp3) is 0.421. The maximum atomic E-state index is 12.8. The van der Waals surface area contributed by atoms with E-state index < -0.39 is 0 Å². The molecule has 0 saturated carbocycles. The molecular formula is C19H22N6O3. The van der Waals surface area contributed by atoms with Gasteiger partial charge in [0.05, 0.1) is 6.54 Å². The molecule has 0 saturated heterocycles. The molecule has 1 aromatic carbocycles. The second kappa shape index (κ2) is 6.74. The molecule has 3 aromatic rings. The van der Waals surface area contributed by atoms with Crippen molar-refractivity contribution in [3.63, 3.8) is 0 Å². The van der Waals surface area contributed by atoms with E-state index >= 15 is 0 Å². The minimum atomic E-state index is -0.239. The van der Waals surface area contributed by atoms with E-state index in [2.05, 4.69) is 41.1 Å². The third-order valence-corrected chi connectivity index (χ3v) is 4.59. The van der Waals surface area contributed by atoms with Gasteiger partial charge in [0.1, 0.15) is 0 Å². The van der Waals surface area contributed by atoms with Crippen molar-refractivity contribution >= 4 is 5.91 Å². The van der Waals surface area contributed by atoms with E-state index in [0.717, 1.165) is 5.56 Å². The lowest BCUT2D eigenvalue weighted by molar-refractivity contribution is 0.0706. The van der Waals surface area contributed by atoms with Crippen LogP contribution in [0.3, 0.4) is 0 Å². The molecule has 1 N–H and O–H groups in total. The van der Waals surface area contributed by atoms with Crippen LogP contribution in [0.4, 0.5) is 0 Å². The number of carbonyl (C=O) groups is 1. The third-order valence-electron chi connectivity index (χ3n) is 4.59. The highest BCUT2D eigenvalue weighted by Gasteiger charge is 2.24. The van der Waals surface area contributed by atoms with Crippen molar-refractivity contribution < 1.29 is 9.32 Å². The molecule has 28 heavy (non-hydrogen) atoms. The predicted molar refractivity (Wildman–Crippen MR) is 100 cm³/mol. The van der Waals surface area contributed by atoms with Gasteiger partial charge in [-0.3, -0.25) is 9.36 Å². The van der Waals surface area contributed by atoms with Gasteiger partial charge in [-0.05, 0) is 17.5 Å². The van der Waals surface area contributed by atoms with Gasteiger partial charge in [-0.25, -0.2) is 9.89 Å². The number of hydrogen-bond donors (Lipinski definition) is 1. The van der Waals surface area contributed by atoms with E-state index in [9.17, 15) is 9.59 Å². The summed E-state index contributed by atoms with van der Waals surface area (Å²) in [5, 5.41) is 10.4. The van der Waals surface area contributed by atoms with Crippen LogP contribution in [-0.4, -0.2) is 42.3 Å². The van der Waals surface area contributed by atoms with Gasteiger partial charge >= 0.3 is 5.69 Å². The first-order valence-electron chi connectivity index (χ1n) is 9.16. The SMILES string of the molecule is CC(C)(C)Cc1nc(-c2ccc(C(=O)N3CCn4c(n[nH]c4=O)C3)cc2)no1. The minimum absolute atomic E-state index is 0.0633. The maximum Gasteiger partial charge on any atom is 0.343 e. The lowest BCUT2D eigenvalue weighted by atomic mass is 9.92. The molecular weight excluding hydrogens is 360 g/mol. The van der Waals surface area contributed by atoms with Crippen molar-refractivity contribution in [2.24, 2.45) is 5.41 Å². The highest BCUT2D eigenvalue weighted by molar-refractivity contribution is 5.94. The molecule has 3 heterocycles. The topological polar surface area (TPSA) is 110 Å². The Bertz CT molecular complexity index is 1050. The molecule has 146 valence electrons. The molecule has 0 atom stereocenters. The number of nitrogens with one attached hydrogen (secondary N) is 1. The molecule has 1 aliphatic heterocycles. The second-order valence-electron chi connectivity index (χ2n) is 8.15. The average Bonchev–Trinajstić information content (AvgIpc) is 3.26. The number of aromatic amines is 1. The van der Waals surface area contributed by atoms with Gasteiger partial charge in [0.2, 0.25) is 11.7 Å². The smallest absolute Gasteiger partial charge is 0.339 e. The van der Waals surface area contributed by atoms with Crippen molar-refractivity contribution in [3.8, 4) is 11.4 Å². The lowest BCUT2D eigenvalue weighted by Gasteiger charge is -2.26. The molecule has 0 radical (unpaired) electrons. The van der Waals surface area contributed by atoms with E-state index in [0.29, 0.717) is 49.2 Å². The molecule has 1 aliphatic rings. The summed E-state index contributed by atoms with van der Waals surface area (Å²) in [5.41, 5.74) is 1.18. The van der Waals surface area contributed by atoms with Crippen LogP contribution in [0.15, 0.2) is 33.6 Å². The summed E-state index contributed by atoms with van der Waals surface area (Å²) in [4.78, 5) is 30.5. The van der Waals surface area contributed by atoms with Crippen molar-refractivity contribution in [1.82, 2.24) is 29.8 Å². The number of amides is 1. The third kappa shape index (κ3) is 3.60. The van der Waals surface area contributed by atoms with Crippen LogP contribution in [0.1, 0.15) is 42.8 Å². The molecule has 1 amide bonds. The molecule has 0 aliphatic carbocycles. The van der Waals surface area contributed by atoms with Gasteiger partial charge < -0.3 is 9.42 Å². The van der Waals surface area contributed by atoms with Crippen LogP contribution in [0.2, 0.25) is 0 Å². The first-order valence-corrected chi connectivity index (χ1v) is 9.16. The summed E-state index contributed by atoms with van der Waals surface area (Å²) in [6.45, 7) is 7.54. The van der Waals surface area contributed by atoms with Crippen LogP contribution in [-0.2, 0) is 19.5 Å². The van der Waals surface area contributed by atoms with Crippen molar-refractivity contribution in [1.29, 1.82) is 0 Å². The van der Waals surface area contributed by atoms with Gasteiger partial charge in [0.15, 0.2) is 5.82 Å². The molecule has 9 heteroatoms. The zero-order valence-electron chi connectivity index (χ0n) is 16.1. The van der Waals surface area contributed by atoms with Crippen LogP contribution in [0.25, 0.3) is 11.4 Å². The molecule has 4 rings (SSSR count). The number of nitrogens with zero attached hydrogens (tertiary/aromatic N) is 5. The Balaban J connectivity index is 1.47. The number of fused-ring (bicyclic) bond motifs is 1. The average molecular weight is 382 g/mol. The Labute approximate surface area is 161 Å². The van der Waals surface area contributed by atoms with Crippen molar-refractivity contribution in [3.05, 3.63) is 52.0 Å². The summed E-state index contributed by atoms with van der Waals surface area (Å²) < 4.78 is 6.88. The first kappa shape index (κ1) is 18.1. The van der Waals surface area contributed by atoms with E-state index in [1.807, 2.05) is 12.1 Å². The molecule has 0 bridgehead atoms. The van der Waals surface area contributed by atoms with Crippen LogP contribution in [0, 0.1) is 5.41 Å². The largest absolute Gasteiger partial charge is 0.343 e.